The average Bonchev–Trinajstić information content (AvgIpc) is 3.38. The van der Waals surface area contributed by atoms with Crippen molar-refractivity contribution in [1.29, 1.82) is 0 Å². The molecule has 6 aromatic carbocycles. The molecule has 0 amide bonds. The summed E-state index contributed by atoms with van der Waals surface area (Å²) in [7, 11) is 1.63. The fourth-order valence-corrected chi connectivity index (χ4v) is 8.19. The van der Waals surface area contributed by atoms with Gasteiger partial charge in [0.2, 0.25) is 0 Å². The highest BCUT2D eigenvalue weighted by Gasteiger charge is 2.48. The Balaban J connectivity index is 1.19. The van der Waals surface area contributed by atoms with Gasteiger partial charge in [-0.25, -0.2) is 0 Å². The molecule has 9 nitrogen and oxygen atoms in total. The summed E-state index contributed by atoms with van der Waals surface area (Å²) in [4.78, 5) is 0. The molecule has 8 atom stereocenters. The van der Waals surface area contributed by atoms with Crippen LogP contribution in [0.3, 0.4) is 0 Å². The summed E-state index contributed by atoms with van der Waals surface area (Å²) in [5.74, 6) is 0.124. The number of hydrogen-bond donors (Lipinski definition) is 0. The van der Waals surface area contributed by atoms with Gasteiger partial charge in [0.15, 0.2) is 12.4 Å². The van der Waals surface area contributed by atoms with Crippen molar-refractivity contribution in [3.8, 4) is 0 Å². The van der Waals surface area contributed by atoms with Crippen LogP contribution in [0.15, 0.2) is 207 Å². The van der Waals surface area contributed by atoms with E-state index in [1.165, 1.54) is 0 Å². The number of methoxy groups -OCH3 is 1. The maximum absolute atomic E-state index is 7.03. The van der Waals surface area contributed by atoms with E-state index < -0.39 is 42.9 Å². The van der Waals surface area contributed by atoms with Crippen LogP contribution in [0.5, 0.6) is 0 Å². The zero-order valence-corrected chi connectivity index (χ0v) is 38.5. The third kappa shape index (κ3) is 15.7. The summed E-state index contributed by atoms with van der Waals surface area (Å²) in [6.45, 7) is 11.3. The molecule has 1 aliphatic rings. The fraction of sp³-hybridized carbons (Fsp3) is 0.310. The van der Waals surface area contributed by atoms with Gasteiger partial charge in [0.05, 0.1) is 70.8 Å². The van der Waals surface area contributed by atoms with E-state index in [2.05, 4.69) is 25.3 Å². The first-order chi connectivity index (χ1) is 33.1. The zero-order valence-electron chi connectivity index (χ0n) is 38.5. The molecule has 0 unspecified atom stereocenters. The Kier molecular flexibility index (Phi) is 20.0. The smallest absolute Gasteiger partial charge is 0.186 e. The molecule has 0 aliphatic carbocycles. The van der Waals surface area contributed by atoms with Crippen molar-refractivity contribution < 1.29 is 42.6 Å². The topological polar surface area (TPSA) is 83.1 Å². The van der Waals surface area contributed by atoms with Crippen molar-refractivity contribution in [3.63, 3.8) is 0 Å². The van der Waals surface area contributed by atoms with E-state index >= 15 is 0 Å². The van der Waals surface area contributed by atoms with Gasteiger partial charge in [-0.15, -0.1) is 6.58 Å². The van der Waals surface area contributed by atoms with Crippen LogP contribution in [0, 0.1) is 5.92 Å². The van der Waals surface area contributed by atoms with Crippen molar-refractivity contribution in [2.24, 2.45) is 5.92 Å². The standard InChI is InChI=1S/C58H64O9/c1-4-52(62-38-47-27-15-7-16-28-47)56(64-40-49-31-19-9-20-32-49)54(43-61-37-46-25-13-6-14-26-46)66-44(2)35-51-53(42-60-36-45-23-11-5-12-24-45)67-58(59-3)57(65-41-50-33-21-10-22-34-50)55(51)63-39-48-29-17-8-18-30-48/h4-34,51-58H,1-2,35-43H2,3H3/t51-,52-,53-,54-,55+,56+,57-,58+/m1/s1. The molecule has 9 heteroatoms. The van der Waals surface area contributed by atoms with E-state index in [0.29, 0.717) is 51.8 Å². The third-order valence-corrected chi connectivity index (χ3v) is 11.7. The highest BCUT2D eigenvalue weighted by Crippen LogP contribution is 2.37. The van der Waals surface area contributed by atoms with Gasteiger partial charge in [0.1, 0.15) is 18.3 Å². The van der Waals surface area contributed by atoms with Crippen LogP contribution in [-0.4, -0.2) is 63.2 Å². The number of rotatable bonds is 28. The summed E-state index contributed by atoms with van der Waals surface area (Å²) in [6, 6.07) is 60.4. The van der Waals surface area contributed by atoms with Gasteiger partial charge in [-0.1, -0.05) is 195 Å². The van der Waals surface area contributed by atoms with Crippen LogP contribution >= 0.6 is 0 Å². The molecular weight excluding hydrogens is 841 g/mol. The first-order valence-electron chi connectivity index (χ1n) is 23.1. The van der Waals surface area contributed by atoms with Gasteiger partial charge < -0.3 is 42.6 Å². The summed E-state index contributed by atoms with van der Waals surface area (Å²) in [6.07, 6.45) is -2.25. The van der Waals surface area contributed by atoms with Crippen molar-refractivity contribution in [2.45, 2.75) is 89.0 Å². The van der Waals surface area contributed by atoms with Crippen molar-refractivity contribution in [2.75, 3.05) is 20.3 Å². The zero-order chi connectivity index (χ0) is 46.3. The third-order valence-electron chi connectivity index (χ3n) is 11.7. The molecule has 0 spiro atoms. The Hall–Kier alpha value is -5.72. The molecular formula is C58H64O9. The molecule has 0 saturated carbocycles. The van der Waals surface area contributed by atoms with Crippen LogP contribution in [-0.2, 0) is 82.3 Å². The Morgan fingerprint density at radius 3 is 1.42 bits per heavy atom. The normalized spacial score (nSPS) is 19.5. The summed E-state index contributed by atoms with van der Waals surface area (Å²) in [5.41, 5.74) is 6.16. The average molecular weight is 905 g/mol. The second-order valence-electron chi connectivity index (χ2n) is 16.6. The number of allylic oxidation sites excluding steroid dienone is 1. The van der Waals surface area contributed by atoms with Crippen LogP contribution in [0.4, 0.5) is 0 Å². The first kappa shape index (κ1) is 49.2. The Labute approximate surface area is 396 Å². The molecule has 1 heterocycles. The van der Waals surface area contributed by atoms with Crippen LogP contribution in [0.25, 0.3) is 0 Å². The van der Waals surface area contributed by atoms with Gasteiger partial charge in [0.25, 0.3) is 0 Å². The fourth-order valence-electron chi connectivity index (χ4n) is 8.19. The Morgan fingerprint density at radius 1 is 0.537 bits per heavy atom. The minimum Gasteiger partial charge on any atom is -0.490 e. The van der Waals surface area contributed by atoms with E-state index in [0.717, 1.165) is 33.4 Å². The maximum Gasteiger partial charge on any atom is 0.186 e. The predicted molar refractivity (Wildman–Crippen MR) is 260 cm³/mol. The van der Waals surface area contributed by atoms with E-state index in [-0.39, 0.29) is 19.1 Å². The number of benzene rings is 6. The second kappa shape index (κ2) is 27.2. The van der Waals surface area contributed by atoms with Crippen molar-refractivity contribution in [3.05, 3.63) is 240 Å². The predicted octanol–water partition coefficient (Wildman–Crippen LogP) is 11.2. The first-order valence-corrected chi connectivity index (χ1v) is 23.1. The SMILES string of the molecule is C=C[C@@H](OCc1ccccc1)[C@H](OCc1ccccc1)[C@@H](COCc1ccccc1)OC(=C)C[C@H]1[C@H](OCc2ccccc2)[C@@H](OCc2ccccc2)[C@@H](OC)O[C@@H]1COCc1ccccc1. The number of hydrogen-bond acceptors (Lipinski definition) is 9. The van der Waals surface area contributed by atoms with Crippen molar-refractivity contribution >= 4 is 0 Å². The summed E-state index contributed by atoms with van der Waals surface area (Å²) >= 11 is 0. The van der Waals surface area contributed by atoms with E-state index in [1.807, 2.05) is 170 Å². The minimum absolute atomic E-state index is 0.166. The summed E-state index contributed by atoms with van der Waals surface area (Å²) in [5, 5.41) is 0. The molecule has 0 N–H and O–H groups in total. The number of ether oxygens (including phenoxy) is 9. The lowest BCUT2D eigenvalue weighted by atomic mass is 9.85. The molecule has 0 radical (unpaired) electrons. The lowest BCUT2D eigenvalue weighted by Gasteiger charge is -2.46. The van der Waals surface area contributed by atoms with Gasteiger partial charge in [-0.2, -0.15) is 0 Å². The van der Waals surface area contributed by atoms with Gasteiger partial charge in [0, 0.05) is 19.4 Å². The van der Waals surface area contributed by atoms with Crippen molar-refractivity contribution in [1.82, 2.24) is 0 Å². The van der Waals surface area contributed by atoms with Crippen LogP contribution < -0.4 is 0 Å². The van der Waals surface area contributed by atoms with Crippen LogP contribution in [0.1, 0.15) is 39.8 Å². The van der Waals surface area contributed by atoms with Gasteiger partial charge in [-0.05, 0) is 33.4 Å². The molecule has 0 bridgehead atoms. The van der Waals surface area contributed by atoms with Gasteiger partial charge in [-0.3, -0.25) is 0 Å². The molecule has 1 fully saturated rings. The van der Waals surface area contributed by atoms with E-state index in [4.69, 9.17) is 42.6 Å². The monoisotopic (exact) mass is 904 g/mol. The Morgan fingerprint density at radius 2 is 0.955 bits per heavy atom. The maximum atomic E-state index is 7.03. The largest absolute Gasteiger partial charge is 0.490 e. The molecule has 350 valence electrons. The molecule has 7 rings (SSSR count). The van der Waals surface area contributed by atoms with E-state index in [1.54, 1.807) is 13.2 Å². The minimum atomic E-state index is -0.759. The Bertz CT molecular complexity index is 2260. The van der Waals surface area contributed by atoms with Gasteiger partial charge >= 0.3 is 0 Å². The highest BCUT2D eigenvalue weighted by molar-refractivity contribution is 5.18. The molecule has 67 heavy (non-hydrogen) atoms. The molecule has 1 saturated heterocycles. The lowest BCUT2D eigenvalue weighted by Crippen LogP contribution is -2.58. The summed E-state index contributed by atoms with van der Waals surface area (Å²) < 4.78 is 60.0. The molecule has 0 aromatic heterocycles. The lowest BCUT2D eigenvalue weighted by molar-refractivity contribution is -0.306. The second-order valence-corrected chi connectivity index (χ2v) is 16.6. The van der Waals surface area contributed by atoms with E-state index in [9.17, 15) is 0 Å². The molecule has 6 aromatic rings. The quantitative estimate of drug-likeness (QED) is 0.0353. The molecule has 1 aliphatic heterocycles. The van der Waals surface area contributed by atoms with Crippen LogP contribution in [0.2, 0.25) is 0 Å². The highest BCUT2D eigenvalue weighted by atomic mass is 16.7.